The lowest BCUT2D eigenvalue weighted by molar-refractivity contribution is -0.140. The number of halogens is 3. The average Bonchev–Trinajstić information content (AvgIpc) is 3.24. The van der Waals surface area contributed by atoms with Gasteiger partial charge in [-0.15, -0.1) is 0 Å². The number of alkyl halides is 3. The first kappa shape index (κ1) is 25.6. The molecular weight excluding hydrogens is 505 g/mol. The fourth-order valence-electron chi connectivity index (χ4n) is 4.28. The SMILES string of the molecule is Cc1ccc2nc(-c3cccnc3)cc(C(=O)Nc3c(C(F)(F)F)nn(Cc4ccc(C#N)cc4)c3C)c2c1. The van der Waals surface area contributed by atoms with Gasteiger partial charge in [0.2, 0.25) is 0 Å². The number of benzene rings is 2. The Kier molecular flexibility index (Phi) is 6.58. The molecular formula is C29H21F3N6O. The summed E-state index contributed by atoms with van der Waals surface area (Å²) >= 11 is 0. The molecule has 0 fully saturated rings. The molecule has 0 spiro atoms. The maximum atomic E-state index is 14.0. The summed E-state index contributed by atoms with van der Waals surface area (Å²) in [6.07, 6.45) is -1.59. The van der Waals surface area contributed by atoms with Crippen LogP contribution in [0.3, 0.4) is 0 Å². The average molecular weight is 527 g/mol. The van der Waals surface area contributed by atoms with Gasteiger partial charge in [0, 0.05) is 23.3 Å². The van der Waals surface area contributed by atoms with E-state index in [0.29, 0.717) is 33.3 Å². The van der Waals surface area contributed by atoms with Crippen LogP contribution in [0, 0.1) is 25.2 Å². The van der Waals surface area contributed by atoms with E-state index in [1.165, 1.54) is 11.6 Å². The van der Waals surface area contributed by atoms with Crippen LogP contribution in [0.5, 0.6) is 0 Å². The molecule has 0 unspecified atom stereocenters. The fourth-order valence-corrected chi connectivity index (χ4v) is 4.28. The Morgan fingerprint density at radius 1 is 1.08 bits per heavy atom. The predicted octanol–water partition coefficient (Wildman–Crippen LogP) is 6.30. The van der Waals surface area contributed by atoms with Crippen LogP contribution in [0.1, 0.15) is 38.4 Å². The molecule has 0 aliphatic carbocycles. The van der Waals surface area contributed by atoms with E-state index in [1.54, 1.807) is 67.0 Å². The minimum Gasteiger partial charge on any atom is -0.319 e. The first-order valence-electron chi connectivity index (χ1n) is 11.9. The predicted molar refractivity (Wildman–Crippen MR) is 140 cm³/mol. The molecule has 194 valence electrons. The van der Waals surface area contributed by atoms with Gasteiger partial charge in [-0.2, -0.15) is 23.5 Å². The Hall–Kier alpha value is -5.04. The smallest absolute Gasteiger partial charge is 0.319 e. The van der Waals surface area contributed by atoms with Crippen molar-refractivity contribution in [3.05, 3.63) is 107 Å². The third-order valence-electron chi connectivity index (χ3n) is 6.30. The van der Waals surface area contributed by atoms with Crippen LogP contribution in [0.15, 0.2) is 73.1 Å². The Bertz CT molecular complexity index is 1740. The van der Waals surface area contributed by atoms with Crippen molar-refractivity contribution in [3.63, 3.8) is 0 Å². The van der Waals surface area contributed by atoms with Gasteiger partial charge in [0.1, 0.15) is 0 Å². The highest BCUT2D eigenvalue weighted by molar-refractivity contribution is 6.13. The van der Waals surface area contributed by atoms with E-state index in [0.717, 1.165) is 5.56 Å². The van der Waals surface area contributed by atoms with Crippen molar-refractivity contribution in [2.24, 2.45) is 0 Å². The number of anilines is 1. The normalized spacial score (nSPS) is 11.4. The van der Waals surface area contributed by atoms with Gasteiger partial charge in [-0.3, -0.25) is 14.5 Å². The number of amides is 1. The van der Waals surface area contributed by atoms with Crippen molar-refractivity contribution in [3.8, 4) is 17.3 Å². The molecule has 1 amide bonds. The molecule has 5 aromatic rings. The Balaban J connectivity index is 1.57. The largest absolute Gasteiger partial charge is 0.437 e. The summed E-state index contributed by atoms with van der Waals surface area (Å²) in [5, 5.41) is 15.8. The van der Waals surface area contributed by atoms with E-state index in [4.69, 9.17) is 5.26 Å². The van der Waals surface area contributed by atoms with Gasteiger partial charge in [0.25, 0.3) is 5.91 Å². The second-order valence-electron chi connectivity index (χ2n) is 9.04. The standard InChI is InChI=1S/C29H21F3N6O/c1-17-5-10-24-22(12-17)23(13-25(35-24)21-4-3-11-34-15-21)28(39)36-26-18(2)38(37-27(26)29(30,31)32)16-20-8-6-19(14-33)7-9-20/h3-13,15H,16H2,1-2H3,(H,36,39). The molecule has 3 aromatic heterocycles. The molecule has 0 atom stereocenters. The van der Waals surface area contributed by atoms with Crippen LogP contribution < -0.4 is 5.32 Å². The summed E-state index contributed by atoms with van der Waals surface area (Å²) in [6.45, 7) is 3.35. The number of aryl methyl sites for hydroxylation is 1. The molecule has 1 N–H and O–H groups in total. The summed E-state index contributed by atoms with van der Waals surface area (Å²) in [7, 11) is 0. The molecule has 3 heterocycles. The van der Waals surface area contributed by atoms with Crippen molar-refractivity contribution in [2.75, 3.05) is 5.32 Å². The summed E-state index contributed by atoms with van der Waals surface area (Å²) in [5.41, 5.74) is 2.33. The number of aromatic nitrogens is 4. The lowest BCUT2D eigenvalue weighted by Gasteiger charge is -2.13. The number of carbonyl (C=O) groups excluding carboxylic acids is 1. The van der Waals surface area contributed by atoms with Gasteiger partial charge in [-0.25, -0.2) is 4.98 Å². The molecule has 0 saturated carbocycles. The molecule has 7 nitrogen and oxygen atoms in total. The number of nitrogens with one attached hydrogen (secondary N) is 1. The van der Waals surface area contributed by atoms with Crippen molar-refractivity contribution < 1.29 is 18.0 Å². The van der Waals surface area contributed by atoms with Crippen molar-refractivity contribution in [2.45, 2.75) is 26.6 Å². The monoisotopic (exact) mass is 526 g/mol. The van der Waals surface area contributed by atoms with E-state index >= 15 is 0 Å². The number of nitrogens with zero attached hydrogens (tertiary/aromatic N) is 5. The van der Waals surface area contributed by atoms with Crippen LogP contribution in [0.25, 0.3) is 22.2 Å². The van der Waals surface area contributed by atoms with Crippen LogP contribution in [0.4, 0.5) is 18.9 Å². The Labute approximate surface area is 221 Å². The number of hydrogen-bond donors (Lipinski definition) is 1. The highest BCUT2D eigenvalue weighted by Crippen LogP contribution is 2.37. The molecule has 0 bridgehead atoms. The molecule has 0 saturated heterocycles. The Morgan fingerprint density at radius 3 is 2.51 bits per heavy atom. The maximum Gasteiger partial charge on any atom is 0.437 e. The zero-order chi connectivity index (χ0) is 27.7. The van der Waals surface area contributed by atoms with Crippen LogP contribution in [0.2, 0.25) is 0 Å². The zero-order valence-electron chi connectivity index (χ0n) is 20.9. The quantitative estimate of drug-likeness (QED) is 0.290. The summed E-state index contributed by atoms with van der Waals surface area (Å²) < 4.78 is 43.3. The van der Waals surface area contributed by atoms with E-state index in [1.807, 2.05) is 19.1 Å². The highest BCUT2D eigenvalue weighted by Gasteiger charge is 2.39. The van der Waals surface area contributed by atoms with Crippen LogP contribution in [-0.4, -0.2) is 25.7 Å². The lowest BCUT2D eigenvalue weighted by atomic mass is 10.0. The molecule has 0 aliphatic heterocycles. The van der Waals surface area contributed by atoms with Gasteiger partial charge in [-0.05, 0) is 61.9 Å². The van der Waals surface area contributed by atoms with Crippen LogP contribution in [-0.2, 0) is 12.7 Å². The van der Waals surface area contributed by atoms with E-state index in [-0.39, 0.29) is 17.8 Å². The summed E-state index contributed by atoms with van der Waals surface area (Å²) in [6, 6.07) is 18.9. The second-order valence-corrected chi connectivity index (χ2v) is 9.04. The number of hydrogen-bond acceptors (Lipinski definition) is 5. The third kappa shape index (κ3) is 5.20. The Morgan fingerprint density at radius 2 is 1.85 bits per heavy atom. The van der Waals surface area contributed by atoms with Crippen molar-refractivity contribution in [1.82, 2.24) is 19.7 Å². The zero-order valence-corrected chi connectivity index (χ0v) is 20.9. The first-order chi connectivity index (χ1) is 18.6. The maximum absolute atomic E-state index is 14.0. The van der Waals surface area contributed by atoms with E-state index in [2.05, 4.69) is 20.4 Å². The number of nitriles is 1. The van der Waals surface area contributed by atoms with Gasteiger partial charge in [0.05, 0.1) is 46.3 Å². The molecule has 2 aromatic carbocycles. The summed E-state index contributed by atoms with van der Waals surface area (Å²) in [4.78, 5) is 22.3. The fraction of sp³-hybridized carbons (Fsp3) is 0.138. The van der Waals surface area contributed by atoms with E-state index < -0.39 is 23.5 Å². The highest BCUT2D eigenvalue weighted by atomic mass is 19.4. The molecule has 0 aliphatic rings. The number of fused-ring (bicyclic) bond motifs is 1. The van der Waals surface area contributed by atoms with Gasteiger partial charge >= 0.3 is 6.18 Å². The summed E-state index contributed by atoms with van der Waals surface area (Å²) in [5.74, 6) is -0.718. The molecule has 5 rings (SSSR count). The van der Waals surface area contributed by atoms with Gasteiger partial charge in [0.15, 0.2) is 5.69 Å². The second kappa shape index (κ2) is 10.0. The van der Waals surface area contributed by atoms with Crippen molar-refractivity contribution >= 4 is 22.5 Å². The van der Waals surface area contributed by atoms with E-state index in [9.17, 15) is 18.0 Å². The first-order valence-corrected chi connectivity index (χ1v) is 11.9. The number of carbonyl (C=O) groups is 1. The molecule has 10 heteroatoms. The number of rotatable bonds is 5. The van der Waals surface area contributed by atoms with Crippen molar-refractivity contribution in [1.29, 1.82) is 5.26 Å². The lowest BCUT2D eigenvalue weighted by Crippen LogP contribution is -2.17. The molecule has 0 radical (unpaired) electrons. The number of pyridine rings is 2. The van der Waals surface area contributed by atoms with Gasteiger partial charge < -0.3 is 5.32 Å². The minimum atomic E-state index is -4.80. The molecule has 39 heavy (non-hydrogen) atoms. The van der Waals surface area contributed by atoms with Crippen LogP contribution >= 0.6 is 0 Å². The topological polar surface area (TPSA) is 96.5 Å². The third-order valence-corrected chi connectivity index (χ3v) is 6.30. The van der Waals surface area contributed by atoms with Gasteiger partial charge in [-0.1, -0.05) is 23.8 Å². The minimum absolute atomic E-state index is 0.0268.